The second kappa shape index (κ2) is 8.12. The largest absolute Gasteiger partial charge is 0.490 e. The fourth-order valence-electron chi connectivity index (χ4n) is 3.74. The van der Waals surface area contributed by atoms with Gasteiger partial charge in [0.05, 0.1) is 0 Å². The van der Waals surface area contributed by atoms with Crippen LogP contribution < -0.4 is 10.2 Å². The molecule has 0 saturated heterocycles. The van der Waals surface area contributed by atoms with E-state index in [0.29, 0.717) is 6.04 Å². The number of carbonyl (C=O) groups is 1. The number of halogens is 3. The Kier molecular flexibility index (Phi) is 5.92. The Morgan fingerprint density at radius 2 is 1.70 bits per heavy atom. The minimum absolute atomic E-state index is 0.709. The Morgan fingerprint density at radius 3 is 2.20 bits per heavy atom. The number of alkyl halides is 3. The first-order chi connectivity index (χ1) is 14.0. The Balaban J connectivity index is 0.000000318. The zero-order valence-corrected chi connectivity index (χ0v) is 17.4. The second-order valence-electron chi connectivity index (χ2n) is 7.81. The van der Waals surface area contributed by atoms with Crippen molar-refractivity contribution in [1.82, 2.24) is 9.97 Å². The fourth-order valence-corrected chi connectivity index (χ4v) is 3.74. The maximum absolute atomic E-state index is 10.6. The number of nitrogens with zero attached hydrogens (tertiary/aromatic N) is 3. The van der Waals surface area contributed by atoms with Crippen LogP contribution in [0.2, 0.25) is 0 Å². The molecule has 2 N–H and O–H groups in total. The third kappa shape index (κ3) is 4.83. The zero-order chi connectivity index (χ0) is 22.2. The monoisotopic (exact) mass is 422 g/mol. The van der Waals surface area contributed by atoms with Gasteiger partial charge in [0.2, 0.25) is 5.95 Å². The lowest BCUT2D eigenvalue weighted by Crippen LogP contribution is -2.23. The van der Waals surface area contributed by atoms with Gasteiger partial charge in [0.15, 0.2) is 0 Å². The van der Waals surface area contributed by atoms with E-state index in [1.165, 1.54) is 35.1 Å². The molecule has 0 radical (unpaired) electrons. The third-order valence-corrected chi connectivity index (χ3v) is 5.21. The molecule has 1 saturated carbocycles. The smallest absolute Gasteiger partial charge is 0.475 e. The highest BCUT2D eigenvalue weighted by atomic mass is 19.4. The van der Waals surface area contributed by atoms with Crippen LogP contribution in [0.15, 0.2) is 12.1 Å². The number of anilines is 3. The van der Waals surface area contributed by atoms with Gasteiger partial charge in [-0.25, -0.2) is 9.78 Å². The Bertz CT molecular complexity index is 948. The highest BCUT2D eigenvalue weighted by Crippen LogP contribution is 2.38. The van der Waals surface area contributed by atoms with Crippen molar-refractivity contribution in [3.05, 3.63) is 40.1 Å². The molecular weight excluding hydrogens is 397 g/mol. The predicted molar refractivity (Wildman–Crippen MR) is 108 cm³/mol. The van der Waals surface area contributed by atoms with E-state index < -0.39 is 12.1 Å². The lowest BCUT2D eigenvalue weighted by molar-refractivity contribution is -0.192. The number of fused-ring (bicyclic) bond motifs is 1. The zero-order valence-electron chi connectivity index (χ0n) is 17.4. The maximum Gasteiger partial charge on any atom is 0.490 e. The van der Waals surface area contributed by atoms with E-state index in [2.05, 4.69) is 50.0 Å². The van der Waals surface area contributed by atoms with E-state index in [-0.39, 0.29) is 0 Å². The quantitative estimate of drug-likeness (QED) is 0.752. The van der Waals surface area contributed by atoms with Crippen molar-refractivity contribution in [3.8, 4) is 0 Å². The molecule has 1 aromatic heterocycles. The summed E-state index contributed by atoms with van der Waals surface area (Å²) in [5.74, 6) is -0.874. The molecule has 1 aromatic carbocycles. The molecule has 0 amide bonds. The predicted octanol–water partition coefficient (Wildman–Crippen LogP) is 4.61. The van der Waals surface area contributed by atoms with Crippen LogP contribution in [-0.2, 0) is 11.2 Å². The van der Waals surface area contributed by atoms with Gasteiger partial charge in [-0.05, 0) is 58.1 Å². The summed E-state index contributed by atoms with van der Waals surface area (Å²) in [7, 11) is 0. The summed E-state index contributed by atoms with van der Waals surface area (Å²) in [4.78, 5) is 20.9. The first kappa shape index (κ1) is 21.9. The van der Waals surface area contributed by atoms with Gasteiger partial charge < -0.3 is 15.3 Å². The van der Waals surface area contributed by atoms with E-state index in [9.17, 15) is 13.2 Å². The van der Waals surface area contributed by atoms with Crippen LogP contribution in [0.25, 0.3) is 0 Å². The SMILES string of the molecule is Cc1cc(C)c(Nc2nc(C)c3c(n2)N(C2CC2)CC3)c(C)c1.O=C(O)C(F)(F)F. The molecule has 0 atom stereocenters. The van der Waals surface area contributed by atoms with Gasteiger partial charge in [-0.2, -0.15) is 18.2 Å². The minimum Gasteiger partial charge on any atom is -0.475 e. The van der Waals surface area contributed by atoms with Crippen molar-refractivity contribution in [3.63, 3.8) is 0 Å². The number of hydrogen-bond donors (Lipinski definition) is 2. The van der Waals surface area contributed by atoms with E-state index in [1.807, 2.05) is 0 Å². The number of carboxylic acids is 1. The van der Waals surface area contributed by atoms with Crippen molar-refractivity contribution >= 4 is 23.4 Å². The van der Waals surface area contributed by atoms with E-state index >= 15 is 0 Å². The number of aliphatic carboxylic acids is 1. The molecule has 30 heavy (non-hydrogen) atoms. The van der Waals surface area contributed by atoms with Crippen LogP contribution in [0.3, 0.4) is 0 Å². The average Bonchev–Trinajstić information content (AvgIpc) is 3.37. The molecule has 162 valence electrons. The van der Waals surface area contributed by atoms with Crippen molar-refractivity contribution in [1.29, 1.82) is 0 Å². The molecule has 0 spiro atoms. The second-order valence-corrected chi connectivity index (χ2v) is 7.81. The molecule has 2 aromatic rings. The summed E-state index contributed by atoms with van der Waals surface area (Å²) in [5, 5.41) is 10.6. The van der Waals surface area contributed by atoms with Crippen LogP contribution in [0, 0.1) is 27.7 Å². The van der Waals surface area contributed by atoms with E-state index in [0.717, 1.165) is 36.1 Å². The lowest BCUT2D eigenvalue weighted by atomic mass is 10.1. The van der Waals surface area contributed by atoms with Crippen LogP contribution in [0.4, 0.5) is 30.6 Å². The third-order valence-electron chi connectivity index (χ3n) is 5.21. The van der Waals surface area contributed by atoms with Gasteiger partial charge >= 0.3 is 12.1 Å². The molecule has 9 heteroatoms. The molecule has 1 aliphatic heterocycles. The van der Waals surface area contributed by atoms with Crippen LogP contribution >= 0.6 is 0 Å². The minimum atomic E-state index is -5.08. The molecular formula is C21H25F3N4O2. The van der Waals surface area contributed by atoms with Gasteiger partial charge in [-0.15, -0.1) is 0 Å². The number of benzene rings is 1. The Labute approximate surface area is 173 Å². The first-order valence-corrected chi connectivity index (χ1v) is 9.76. The lowest BCUT2D eigenvalue weighted by Gasteiger charge is -2.19. The van der Waals surface area contributed by atoms with Gasteiger partial charge in [0.25, 0.3) is 0 Å². The van der Waals surface area contributed by atoms with Crippen LogP contribution in [0.1, 0.15) is 40.8 Å². The van der Waals surface area contributed by atoms with Gasteiger partial charge in [0, 0.05) is 29.5 Å². The Hall–Kier alpha value is -2.84. The van der Waals surface area contributed by atoms with E-state index in [4.69, 9.17) is 19.9 Å². The average molecular weight is 422 g/mol. The highest BCUT2D eigenvalue weighted by Gasteiger charge is 2.38. The number of hydrogen-bond acceptors (Lipinski definition) is 5. The number of carboxylic acid groups (broad SMARTS) is 1. The van der Waals surface area contributed by atoms with Crippen molar-refractivity contribution in [2.24, 2.45) is 0 Å². The number of rotatable bonds is 3. The number of aromatic nitrogens is 2. The summed E-state index contributed by atoms with van der Waals surface area (Å²) < 4.78 is 31.7. The van der Waals surface area contributed by atoms with Crippen LogP contribution in [0.5, 0.6) is 0 Å². The topological polar surface area (TPSA) is 78.4 Å². The molecule has 6 nitrogen and oxygen atoms in total. The van der Waals surface area contributed by atoms with Gasteiger partial charge in [0.1, 0.15) is 5.82 Å². The molecule has 2 heterocycles. The molecule has 1 aliphatic carbocycles. The molecule has 1 fully saturated rings. The van der Waals surface area contributed by atoms with Crippen LogP contribution in [-0.4, -0.2) is 39.8 Å². The summed E-state index contributed by atoms with van der Waals surface area (Å²) in [6.45, 7) is 9.62. The van der Waals surface area contributed by atoms with Gasteiger partial charge in [-0.3, -0.25) is 0 Å². The normalized spacial score (nSPS) is 15.4. The Morgan fingerprint density at radius 1 is 1.13 bits per heavy atom. The molecule has 0 unspecified atom stereocenters. The number of aryl methyl sites for hydroxylation is 4. The van der Waals surface area contributed by atoms with Crippen molar-refractivity contribution in [2.45, 2.75) is 59.2 Å². The van der Waals surface area contributed by atoms with Crippen molar-refractivity contribution < 1.29 is 23.1 Å². The molecule has 4 rings (SSSR count). The first-order valence-electron chi connectivity index (χ1n) is 9.76. The van der Waals surface area contributed by atoms with E-state index in [1.54, 1.807) is 0 Å². The van der Waals surface area contributed by atoms with Crippen molar-refractivity contribution in [2.75, 3.05) is 16.8 Å². The summed E-state index contributed by atoms with van der Waals surface area (Å²) in [5.41, 5.74) is 7.34. The molecule has 2 aliphatic rings. The highest BCUT2D eigenvalue weighted by molar-refractivity contribution is 5.73. The fraction of sp³-hybridized carbons (Fsp3) is 0.476. The van der Waals surface area contributed by atoms with Gasteiger partial charge in [-0.1, -0.05) is 17.7 Å². The number of nitrogens with one attached hydrogen (secondary N) is 1. The molecule has 0 bridgehead atoms. The summed E-state index contributed by atoms with van der Waals surface area (Å²) in [6.07, 6.45) is -1.39. The maximum atomic E-state index is 10.6. The standard InChI is InChI=1S/C19H24N4.C2HF3O2/c1-11-9-12(2)17(13(3)10-11)21-19-20-14(4)16-7-8-23(15-5-6-15)18(16)22-19;3-2(4,5)1(6)7/h9-10,15H,5-8H2,1-4H3,(H,20,21,22);(H,6,7). The summed E-state index contributed by atoms with van der Waals surface area (Å²) >= 11 is 0. The summed E-state index contributed by atoms with van der Waals surface area (Å²) in [6, 6.07) is 5.11.